The van der Waals surface area contributed by atoms with Crippen LogP contribution in [0.4, 0.5) is 26.3 Å². The highest BCUT2D eigenvalue weighted by Crippen LogP contribution is 2.35. The molecule has 3 aromatic carbocycles. The van der Waals surface area contributed by atoms with Crippen molar-refractivity contribution in [3.05, 3.63) is 89.0 Å². The largest absolute Gasteiger partial charge is 0.545 e. The van der Waals surface area contributed by atoms with Crippen molar-refractivity contribution in [2.75, 3.05) is 0 Å². The van der Waals surface area contributed by atoms with E-state index in [-0.39, 0.29) is 23.3 Å². The van der Waals surface area contributed by atoms with E-state index in [0.717, 1.165) is 12.1 Å². The summed E-state index contributed by atoms with van der Waals surface area (Å²) in [5.41, 5.74) is -0.847. The maximum absolute atomic E-state index is 14.3. The molecule has 3 rings (SSSR count). The number of benzene rings is 3. The summed E-state index contributed by atoms with van der Waals surface area (Å²) < 4.78 is 86.3. The van der Waals surface area contributed by atoms with Gasteiger partial charge in [0.25, 0.3) is 0 Å². The maximum atomic E-state index is 14.3. The topological polar surface area (TPSA) is 49.4 Å². The third-order valence-corrected chi connectivity index (χ3v) is 3.94. The first kappa shape index (κ1) is 20.2. The molecule has 3 nitrogen and oxygen atoms in total. The van der Waals surface area contributed by atoms with Gasteiger partial charge in [0.2, 0.25) is 0 Å². The van der Waals surface area contributed by atoms with Crippen LogP contribution in [-0.4, -0.2) is 5.97 Å². The van der Waals surface area contributed by atoms with Crippen LogP contribution in [0.3, 0.4) is 0 Å². The predicted molar refractivity (Wildman–Crippen MR) is 87.0 cm³/mol. The number of hydrogen-bond acceptors (Lipinski definition) is 3. The lowest BCUT2D eigenvalue weighted by Crippen LogP contribution is -2.23. The number of alkyl halides is 2. The molecule has 29 heavy (non-hydrogen) atoms. The molecule has 0 spiro atoms. The Morgan fingerprint density at radius 3 is 1.86 bits per heavy atom. The van der Waals surface area contributed by atoms with E-state index in [9.17, 15) is 36.2 Å². The first-order chi connectivity index (χ1) is 13.6. The first-order valence-corrected chi connectivity index (χ1v) is 7.91. The van der Waals surface area contributed by atoms with Gasteiger partial charge < -0.3 is 14.6 Å². The van der Waals surface area contributed by atoms with Gasteiger partial charge in [-0.05, 0) is 28.8 Å². The van der Waals surface area contributed by atoms with E-state index in [1.54, 1.807) is 0 Å². The van der Waals surface area contributed by atoms with Crippen molar-refractivity contribution in [1.29, 1.82) is 0 Å². The van der Waals surface area contributed by atoms with E-state index in [1.807, 2.05) is 0 Å². The zero-order chi connectivity index (χ0) is 21.3. The molecule has 150 valence electrons. The summed E-state index contributed by atoms with van der Waals surface area (Å²) in [5, 5.41) is 10.7. The van der Waals surface area contributed by atoms with E-state index >= 15 is 0 Å². The number of aromatic carboxylic acids is 1. The molecule has 0 aromatic heterocycles. The summed E-state index contributed by atoms with van der Waals surface area (Å²) in [6, 6.07) is 8.05. The van der Waals surface area contributed by atoms with E-state index in [2.05, 4.69) is 4.74 Å². The molecule has 0 saturated heterocycles. The van der Waals surface area contributed by atoms with Crippen LogP contribution in [0, 0.1) is 23.3 Å². The normalized spacial score (nSPS) is 11.4. The molecule has 0 amide bonds. The molecule has 0 aliphatic carbocycles. The molecule has 0 radical (unpaired) electrons. The smallest absolute Gasteiger partial charge is 0.429 e. The number of halogens is 6. The fraction of sp³-hybridized carbons (Fsp3) is 0.0500. The molecule has 0 saturated carbocycles. The molecular formula is C20H9F6O3-. The summed E-state index contributed by atoms with van der Waals surface area (Å²) in [6.45, 7) is 0. The molecule has 0 unspecified atom stereocenters. The van der Waals surface area contributed by atoms with Gasteiger partial charge in [-0.1, -0.05) is 30.3 Å². The third-order valence-electron chi connectivity index (χ3n) is 3.94. The number of carbonyl (C=O) groups excluding carboxylic acids is 1. The Labute approximate surface area is 159 Å². The fourth-order valence-electron chi connectivity index (χ4n) is 2.52. The Bertz CT molecular complexity index is 1060. The number of carboxylic acids is 1. The van der Waals surface area contributed by atoms with E-state index in [0.29, 0.717) is 11.6 Å². The Kier molecular flexibility index (Phi) is 5.23. The monoisotopic (exact) mass is 411 g/mol. The van der Waals surface area contributed by atoms with Gasteiger partial charge >= 0.3 is 6.11 Å². The minimum absolute atomic E-state index is 0.121. The van der Waals surface area contributed by atoms with Gasteiger partial charge in [0.15, 0.2) is 17.5 Å². The predicted octanol–water partition coefficient (Wildman–Crippen LogP) is 4.40. The quantitative estimate of drug-likeness (QED) is 0.462. The molecule has 0 aliphatic rings. The van der Waals surface area contributed by atoms with Gasteiger partial charge in [-0.25, -0.2) is 17.6 Å². The van der Waals surface area contributed by atoms with E-state index in [4.69, 9.17) is 0 Å². The van der Waals surface area contributed by atoms with Gasteiger partial charge in [0.1, 0.15) is 11.6 Å². The van der Waals surface area contributed by atoms with E-state index in [1.165, 1.54) is 24.3 Å². The molecule has 0 heterocycles. The number of ether oxygens (including phenoxy) is 1. The minimum atomic E-state index is -4.32. The molecule has 0 aliphatic heterocycles. The van der Waals surface area contributed by atoms with Crippen LogP contribution in [0.25, 0.3) is 11.1 Å². The second-order valence-corrected chi connectivity index (χ2v) is 5.88. The maximum Gasteiger partial charge on any atom is 0.429 e. The van der Waals surface area contributed by atoms with Gasteiger partial charge in [-0.2, -0.15) is 8.78 Å². The molecule has 0 fully saturated rings. The highest BCUT2D eigenvalue weighted by molar-refractivity contribution is 5.86. The Hall–Kier alpha value is -3.49. The zero-order valence-corrected chi connectivity index (χ0v) is 14.2. The first-order valence-electron chi connectivity index (χ1n) is 7.91. The number of hydrogen-bond donors (Lipinski definition) is 0. The van der Waals surface area contributed by atoms with Crippen molar-refractivity contribution < 1.29 is 41.0 Å². The molecule has 3 aromatic rings. The number of carbonyl (C=O) groups is 1. The SMILES string of the molecule is O=C([O-])c1ccc(-c2ccc(C(F)(F)Oc3cc(F)c(F)c(F)c3)c(F)c2)cc1. The van der Waals surface area contributed by atoms with Gasteiger partial charge in [-0.15, -0.1) is 0 Å². The minimum Gasteiger partial charge on any atom is -0.545 e. The van der Waals surface area contributed by atoms with Crippen molar-refractivity contribution in [3.63, 3.8) is 0 Å². The zero-order valence-electron chi connectivity index (χ0n) is 14.2. The van der Waals surface area contributed by atoms with Crippen LogP contribution < -0.4 is 9.84 Å². The van der Waals surface area contributed by atoms with Crippen molar-refractivity contribution in [2.45, 2.75) is 6.11 Å². The van der Waals surface area contributed by atoms with Crippen LogP contribution in [0.1, 0.15) is 15.9 Å². The highest BCUT2D eigenvalue weighted by atomic mass is 19.3. The van der Waals surface area contributed by atoms with Crippen molar-refractivity contribution >= 4 is 5.97 Å². The lowest BCUT2D eigenvalue weighted by Gasteiger charge is -2.19. The average molecular weight is 411 g/mol. The Morgan fingerprint density at radius 1 is 0.793 bits per heavy atom. The van der Waals surface area contributed by atoms with Crippen LogP contribution >= 0.6 is 0 Å². The highest BCUT2D eigenvalue weighted by Gasteiger charge is 2.38. The van der Waals surface area contributed by atoms with Crippen LogP contribution in [0.2, 0.25) is 0 Å². The van der Waals surface area contributed by atoms with Crippen molar-refractivity contribution in [3.8, 4) is 16.9 Å². The molecular weight excluding hydrogens is 402 g/mol. The van der Waals surface area contributed by atoms with Crippen LogP contribution in [0.5, 0.6) is 5.75 Å². The summed E-state index contributed by atoms with van der Waals surface area (Å²) in [4.78, 5) is 10.7. The van der Waals surface area contributed by atoms with Gasteiger partial charge in [0, 0.05) is 12.1 Å². The fourth-order valence-corrected chi connectivity index (χ4v) is 2.52. The molecule has 0 N–H and O–H groups in total. The number of rotatable bonds is 5. The second kappa shape index (κ2) is 7.50. The van der Waals surface area contributed by atoms with Gasteiger partial charge in [-0.3, -0.25) is 0 Å². The van der Waals surface area contributed by atoms with Crippen LogP contribution in [-0.2, 0) is 6.11 Å². The standard InChI is InChI=1S/C20H10F6O3/c21-15-7-12(10-1-3-11(4-2-10)19(27)28)5-6-14(15)20(25,26)29-13-8-16(22)18(24)17(23)9-13/h1-9H,(H,27,28)/p-1. The van der Waals surface area contributed by atoms with E-state index < -0.39 is 46.7 Å². The van der Waals surface area contributed by atoms with Crippen LogP contribution in [0.15, 0.2) is 54.6 Å². The molecule has 0 atom stereocenters. The Balaban J connectivity index is 1.89. The van der Waals surface area contributed by atoms with Gasteiger partial charge in [0.05, 0.1) is 11.5 Å². The lowest BCUT2D eigenvalue weighted by atomic mass is 10.0. The van der Waals surface area contributed by atoms with Crippen molar-refractivity contribution in [1.82, 2.24) is 0 Å². The summed E-state index contributed by atoms with van der Waals surface area (Å²) in [7, 11) is 0. The number of carboxylic acid groups (broad SMARTS) is 1. The summed E-state index contributed by atoms with van der Waals surface area (Å²) >= 11 is 0. The molecule has 9 heteroatoms. The van der Waals surface area contributed by atoms with Crippen molar-refractivity contribution in [2.24, 2.45) is 0 Å². The summed E-state index contributed by atoms with van der Waals surface area (Å²) in [5.74, 6) is -9.19. The summed E-state index contributed by atoms with van der Waals surface area (Å²) in [6.07, 6.45) is -4.32. The third kappa shape index (κ3) is 4.18. The lowest BCUT2D eigenvalue weighted by molar-refractivity contribution is -0.255. The molecule has 0 bridgehead atoms. The second-order valence-electron chi connectivity index (χ2n) is 5.88. The average Bonchev–Trinajstić information content (AvgIpc) is 2.65. The Morgan fingerprint density at radius 2 is 1.34 bits per heavy atom.